The lowest BCUT2D eigenvalue weighted by atomic mass is 9.85. The van der Waals surface area contributed by atoms with E-state index in [4.69, 9.17) is 11.5 Å². The van der Waals surface area contributed by atoms with E-state index in [9.17, 15) is 0 Å². The molecule has 2 heteroatoms. The molecule has 0 saturated heterocycles. The average Bonchev–Trinajstić information content (AvgIpc) is 3.02. The van der Waals surface area contributed by atoms with Gasteiger partial charge in [0.1, 0.15) is 0 Å². The van der Waals surface area contributed by atoms with Gasteiger partial charge in [-0.05, 0) is 91.2 Å². The standard InChI is InChI=1S/C40H34N2/c1-27(2)37(26-41)38(42)18-10-3-11-28-19-21-30(22-20-28)39-33-14-6-8-16-35(33)40(36-17-9-7-15-34(36)39)32-24-23-29-12-4-5-13-31(29)25-32/h3-10,12-26H,1,11,41-42H2,2H3/b10-3-,37-26+,38-18-. The third-order valence-corrected chi connectivity index (χ3v) is 7.92. The fourth-order valence-electron chi connectivity index (χ4n) is 5.85. The van der Waals surface area contributed by atoms with Crippen LogP contribution in [0.15, 0.2) is 163 Å². The predicted molar refractivity (Wildman–Crippen MR) is 182 cm³/mol. The van der Waals surface area contributed by atoms with Crippen LogP contribution in [-0.2, 0) is 6.42 Å². The van der Waals surface area contributed by atoms with Gasteiger partial charge in [-0.15, -0.1) is 0 Å². The fourth-order valence-corrected chi connectivity index (χ4v) is 5.85. The van der Waals surface area contributed by atoms with E-state index in [-0.39, 0.29) is 0 Å². The summed E-state index contributed by atoms with van der Waals surface area (Å²) in [6.07, 6.45) is 8.26. The third-order valence-electron chi connectivity index (χ3n) is 7.92. The molecular weight excluding hydrogens is 508 g/mol. The number of nitrogens with two attached hydrogens (primary N) is 2. The number of hydrogen-bond donors (Lipinski definition) is 2. The zero-order valence-electron chi connectivity index (χ0n) is 23.8. The zero-order valence-corrected chi connectivity index (χ0v) is 23.8. The maximum Gasteiger partial charge on any atom is 0.0404 e. The molecule has 6 aromatic rings. The van der Waals surface area contributed by atoms with Crippen LogP contribution in [0.5, 0.6) is 0 Å². The molecule has 0 saturated carbocycles. The van der Waals surface area contributed by atoms with Crippen LogP contribution in [0.3, 0.4) is 0 Å². The van der Waals surface area contributed by atoms with Crippen LogP contribution in [0.4, 0.5) is 0 Å². The minimum Gasteiger partial charge on any atom is -0.404 e. The van der Waals surface area contributed by atoms with Crippen molar-refractivity contribution in [2.45, 2.75) is 13.3 Å². The summed E-state index contributed by atoms with van der Waals surface area (Å²) < 4.78 is 0. The molecule has 6 aromatic carbocycles. The second kappa shape index (κ2) is 11.6. The van der Waals surface area contributed by atoms with Crippen molar-refractivity contribution in [1.29, 1.82) is 0 Å². The molecule has 204 valence electrons. The van der Waals surface area contributed by atoms with Crippen molar-refractivity contribution in [3.8, 4) is 22.3 Å². The zero-order chi connectivity index (χ0) is 29.1. The molecule has 42 heavy (non-hydrogen) atoms. The van der Waals surface area contributed by atoms with Crippen molar-refractivity contribution in [3.63, 3.8) is 0 Å². The van der Waals surface area contributed by atoms with E-state index in [1.54, 1.807) is 0 Å². The Morgan fingerprint density at radius 1 is 0.667 bits per heavy atom. The van der Waals surface area contributed by atoms with Crippen LogP contribution in [-0.4, -0.2) is 0 Å². The average molecular weight is 543 g/mol. The van der Waals surface area contributed by atoms with E-state index in [2.05, 4.69) is 128 Å². The number of allylic oxidation sites excluding steroid dienone is 4. The summed E-state index contributed by atoms with van der Waals surface area (Å²) in [6.45, 7) is 5.83. The number of hydrogen-bond acceptors (Lipinski definition) is 2. The van der Waals surface area contributed by atoms with Gasteiger partial charge in [0.05, 0.1) is 0 Å². The molecule has 0 atom stereocenters. The van der Waals surface area contributed by atoms with Gasteiger partial charge in [-0.2, -0.15) is 0 Å². The Hall–Kier alpha value is -5.34. The largest absolute Gasteiger partial charge is 0.404 e. The molecule has 0 aliphatic heterocycles. The van der Waals surface area contributed by atoms with Crippen LogP contribution >= 0.6 is 0 Å². The quantitative estimate of drug-likeness (QED) is 0.156. The van der Waals surface area contributed by atoms with Crippen LogP contribution < -0.4 is 11.5 Å². The molecule has 0 aromatic heterocycles. The Labute approximate surface area is 247 Å². The normalized spacial score (nSPS) is 12.5. The second-order valence-corrected chi connectivity index (χ2v) is 10.7. The van der Waals surface area contributed by atoms with Crippen LogP contribution in [0.1, 0.15) is 12.5 Å². The molecule has 0 radical (unpaired) electrons. The van der Waals surface area contributed by atoms with Gasteiger partial charge in [-0.3, -0.25) is 0 Å². The van der Waals surface area contributed by atoms with Gasteiger partial charge in [0.2, 0.25) is 0 Å². The lowest BCUT2D eigenvalue weighted by Gasteiger charge is -2.18. The molecule has 0 spiro atoms. The van der Waals surface area contributed by atoms with Crippen molar-refractivity contribution in [2.75, 3.05) is 0 Å². The van der Waals surface area contributed by atoms with Crippen molar-refractivity contribution in [3.05, 3.63) is 169 Å². The van der Waals surface area contributed by atoms with Crippen LogP contribution in [0.25, 0.3) is 54.6 Å². The Morgan fingerprint density at radius 3 is 1.76 bits per heavy atom. The molecule has 0 bridgehead atoms. The van der Waals surface area contributed by atoms with E-state index in [1.165, 1.54) is 66.3 Å². The van der Waals surface area contributed by atoms with E-state index in [0.29, 0.717) is 5.70 Å². The first-order chi connectivity index (χ1) is 20.5. The van der Waals surface area contributed by atoms with E-state index < -0.39 is 0 Å². The molecule has 0 aliphatic carbocycles. The summed E-state index contributed by atoms with van der Waals surface area (Å²) in [5.41, 5.74) is 20.3. The molecule has 2 nitrogen and oxygen atoms in total. The molecular formula is C40H34N2. The summed E-state index contributed by atoms with van der Waals surface area (Å²) in [4.78, 5) is 0. The molecule has 0 amide bonds. The lowest BCUT2D eigenvalue weighted by molar-refractivity contribution is 1.25. The van der Waals surface area contributed by atoms with Crippen LogP contribution in [0.2, 0.25) is 0 Å². The predicted octanol–water partition coefficient (Wildman–Crippen LogP) is 9.84. The molecule has 0 heterocycles. The monoisotopic (exact) mass is 542 g/mol. The van der Waals surface area contributed by atoms with Gasteiger partial charge in [0.15, 0.2) is 0 Å². The SMILES string of the molecule is C=C(C)C(=C\N)/C(N)=C/C=C\Cc1ccc(-c2c3ccccc3c(-c3ccc4ccccc4c3)c3ccccc23)cc1. The second-order valence-electron chi connectivity index (χ2n) is 10.7. The summed E-state index contributed by atoms with van der Waals surface area (Å²) in [6, 6.07) is 41.9. The number of fused-ring (bicyclic) bond motifs is 3. The maximum atomic E-state index is 6.16. The number of rotatable bonds is 7. The summed E-state index contributed by atoms with van der Waals surface area (Å²) >= 11 is 0. The Morgan fingerprint density at radius 2 is 1.19 bits per heavy atom. The van der Waals surface area contributed by atoms with Gasteiger partial charge < -0.3 is 11.5 Å². The maximum absolute atomic E-state index is 6.16. The van der Waals surface area contributed by atoms with Crippen molar-refractivity contribution in [2.24, 2.45) is 11.5 Å². The Balaban J connectivity index is 1.40. The van der Waals surface area contributed by atoms with E-state index >= 15 is 0 Å². The van der Waals surface area contributed by atoms with Gasteiger partial charge in [-0.25, -0.2) is 0 Å². The molecule has 0 fully saturated rings. The summed E-state index contributed by atoms with van der Waals surface area (Å²) in [5, 5.41) is 7.55. The first-order valence-corrected chi connectivity index (χ1v) is 14.3. The highest BCUT2D eigenvalue weighted by atomic mass is 14.6. The summed E-state index contributed by atoms with van der Waals surface area (Å²) in [5.74, 6) is 0. The highest BCUT2D eigenvalue weighted by Gasteiger charge is 2.16. The third kappa shape index (κ3) is 5.11. The fraction of sp³-hybridized carbons (Fsp3) is 0.0500. The minimum absolute atomic E-state index is 0.613. The first kappa shape index (κ1) is 26.9. The molecule has 4 N–H and O–H groups in total. The van der Waals surface area contributed by atoms with Crippen molar-refractivity contribution < 1.29 is 0 Å². The lowest BCUT2D eigenvalue weighted by Crippen LogP contribution is -2.03. The number of benzene rings is 6. The van der Waals surface area contributed by atoms with Gasteiger partial charge in [-0.1, -0.05) is 128 Å². The minimum atomic E-state index is 0.613. The van der Waals surface area contributed by atoms with Gasteiger partial charge >= 0.3 is 0 Å². The Bertz CT molecular complexity index is 1980. The molecule has 0 unspecified atom stereocenters. The van der Waals surface area contributed by atoms with Gasteiger partial charge in [0, 0.05) is 17.5 Å². The van der Waals surface area contributed by atoms with Crippen LogP contribution in [0, 0.1) is 0 Å². The topological polar surface area (TPSA) is 52.0 Å². The highest BCUT2D eigenvalue weighted by molar-refractivity contribution is 6.21. The van der Waals surface area contributed by atoms with Gasteiger partial charge in [0.25, 0.3) is 0 Å². The highest BCUT2D eigenvalue weighted by Crippen LogP contribution is 2.44. The summed E-state index contributed by atoms with van der Waals surface area (Å²) in [7, 11) is 0. The smallest absolute Gasteiger partial charge is 0.0404 e. The Kier molecular flexibility index (Phi) is 7.45. The molecule has 6 rings (SSSR count). The first-order valence-electron chi connectivity index (χ1n) is 14.3. The molecule has 0 aliphatic rings. The van der Waals surface area contributed by atoms with E-state index in [0.717, 1.165) is 17.6 Å². The van der Waals surface area contributed by atoms with Crippen molar-refractivity contribution >= 4 is 32.3 Å². The van der Waals surface area contributed by atoms with E-state index in [1.807, 2.05) is 19.1 Å². The van der Waals surface area contributed by atoms with Crippen molar-refractivity contribution in [1.82, 2.24) is 0 Å².